The minimum Gasteiger partial charge on any atom is -0.481 e. The van der Waals surface area contributed by atoms with Gasteiger partial charge in [-0.1, -0.05) is 67.0 Å². The van der Waals surface area contributed by atoms with Crippen LogP contribution in [-0.2, 0) is 75.2 Å². The minimum atomic E-state index is -1.44. The number of benzene rings is 2. The molecule has 6 saturated carbocycles. The Hall–Kier alpha value is -7.40. The molecule has 1 saturated heterocycles. The molecule has 436 valence electrons. The summed E-state index contributed by atoms with van der Waals surface area (Å²) in [5, 5.41) is 42.4. The lowest BCUT2D eigenvalue weighted by Crippen LogP contribution is -2.63. The van der Waals surface area contributed by atoms with E-state index in [1.807, 2.05) is 25.1 Å². The number of nitrogens with zero attached hydrogens (tertiary/aromatic N) is 1. The maximum Gasteiger partial charge on any atom is 0.407 e. The molecule has 7 aliphatic carbocycles. The molecule has 11 rings (SSSR count). The normalized spacial score (nSPS) is 32.3. The van der Waals surface area contributed by atoms with Crippen LogP contribution in [0.5, 0.6) is 0 Å². The summed E-state index contributed by atoms with van der Waals surface area (Å²) in [5.41, 5.74) is 0.860. The van der Waals surface area contributed by atoms with Crippen molar-refractivity contribution in [1.82, 2.24) is 21.0 Å². The number of carbonyl (C=O) groups excluding carboxylic acids is 9. The summed E-state index contributed by atoms with van der Waals surface area (Å²) in [6, 6.07) is 13.2. The number of aliphatic hydroxyl groups is 2. The molecule has 2 aromatic carbocycles. The third-order valence-electron chi connectivity index (χ3n) is 19.2. The van der Waals surface area contributed by atoms with E-state index in [4.69, 9.17) is 14.2 Å². The van der Waals surface area contributed by atoms with Crippen LogP contribution in [0, 0.1) is 34.0 Å². The second-order valence-corrected chi connectivity index (χ2v) is 24.0. The number of anilines is 1. The fourth-order valence-electron chi connectivity index (χ4n) is 15.0. The van der Waals surface area contributed by atoms with Gasteiger partial charge in [0, 0.05) is 58.5 Å². The number of carboxylic acid groups (broad SMARTS) is 1. The molecule has 0 radical (unpaired) electrons. The summed E-state index contributed by atoms with van der Waals surface area (Å²) in [6.07, 6.45) is 11.0. The van der Waals surface area contributed by atoms with Crippen LogP contribution in [0.3, 0.4) is 0 Å². The third-order valence-corrected chi connectivity index (χ3v) is 19.2. The van der Waals surface area contributed by atoms with Crippen LogP contribution in [0.1, 0.15) is 127 Å². The van der Waals surface area contributed by atoms with Crippen LogP contribution in [-0.4, -0.2) is 122 Å². The number of imide groups is 1. The summed E-state index contributed by atoms with van der Waals surface area (Å²) in [6.45, 7) is 2.76. The lowest BCUT2D eigenvalue weighted by molar-refractivity contribution is -0.201. The highest BCUT2D eigenvalue weighted by Crippen LogP contribution is 2.70. The van der Waals surface area contributed by atoms with Gasteiger partial charge in [-0.25, -0.2) is 9.59 Å². The Kier molecular flexibility index (Phi) is 16.0. The molecule has 2 aliphatic heterocycles. The monoisotopic (exact) mass is 1130 g/mol. The van der Waals surface area contributed by atoms with Gasteiger partial charge in [-0.2, -0.15) is 0 Å². The van der Waals surface area contributed by atoms with E-state index in [0.717, 1.165) is 86.6 Å². The van der Waals surface area contributed by atoms with Crippen molar-refractivity contribution in [3.63, 3.8) is 0 Å². The molecule has 0 aromatic heterocycles. The predicted octanol–water partition coefficient (Wildman–Crippen LogP) is 4.42. The molecule has 22 nitrogen and oxygen atoms in total. The number of allylic oxidation sites excluding steroid dienone is 4. The van der Waals surface area contributed by atoms with Gasteiger partial charge in [0.1, 0.15) is 19.3 Å². The van der Waals surface area contributed by atoms with E-state index in [-0.39, 0.29) is 47.0 Å². The number of Topliss-reactive ketones (excluding diaryl/α,β-unsaturated/α-hetero) is 1. The number of carbonyl (C=O) groups is 10. The average molecular weight is 1130 g/mol. The molecule has 7 N–H and O–H groups in total. The molecule has 2 heterocycles. The second-order valence-electron chi connectivity index (χ2n) is 24.0. The Bertz CT molecular complexity index is 3000. The SMILES string of the molecule is C[C@]12C=CC(=O)C=C1CC[C@@H]1[C@@H]2[C@@H](O)C[C@@]2(C)[C@H]1C[C@H]1OC(c3ccc(CC45CCC(NC(=O)OCc6ccc(NC(=O)[C@H](CCC(=O)O)NC(=O)CNC(=O)CCC(=O)ON7C(=O)C=CC7=O)cc6)(CC4)CC5)cc3)O[C@]12C(=O)CO. The number of ketones is 2. The van der Waals surface area contributed by atoms with Gasteiger partial charge in [0.2, 0.25) is 17.7 Å². The van der Waals surface area contributed by atoms with E-state index < -0.39 is 132 Å². The Morgan fingerprint density at radius 1 is 0.841 bits per heavy atom. The molecule has 6 amide bonds. The van der Waals surface area contributed by atoms with Crippen molar-refractivity contribution in [2.75, 3.05) is 18.5 Å². The first-order valence-corrected chi connectivity index (χ1v) is 28.2. The molecule has 22 heteroatoms. The van der Waals surface area contributed by atoms with Gasteiger partial charge < -0.3 is 55.6 Å². The van der Waals surface area contributed by atoms with E-state index in [1.54, 1.807) is 36.4 Å². The topological polar surface area (TPSA) is 320 Å². The number of hydrogen-bond donors (Lipinski definition) is 7. The van der Waals surface area contributed by atoms with Crippen molar-refractivity contribution in [2.45, 2.75) is 152 Å². The number of ether oxygens (including phenoxy) is 3. The average Bonchev–Trinajstić information content (AvgIpc) is 1.96. The van der Waals surface area contributed by atoms with Crippen LogP contribution in [0.4, 0.5) is 10.5 Å². The van der Waals surface area contributed by atoms with Gasteiger partial charge in [0.15, 0.2) is 23.5 Å². The fourth-order valence-corrected chi connectivity index (χ4v) is 15.0. The van der Waals surface area contributed by atoms with Crippen LogP contribution in [0.2, 0.25) is 0 Å². The molecular formula is C60H69N5O17. The minimum absolute atomic E-state index is 0.00543. The van der Waals surface area contributed by atoms with Gasteiger partial charge in [-0.05, 0) is 130 Å². The van der Waals surface area contributed by atoms with Crippen LogP contribution in [0.15, 0.2) is 84.5 Å². The number of rotatable bonds is 20. The van der Waals surface area contributed by atoms with Gasteiger partial charge in [0.05, 0.1) is 25.2 Å². The van der Waals surface area contributed by atoms with Crippen molar-refractivity contribution in [1.29, 1.82) is 0 Å². The fraction of sp³-hybridized carbons (Fsp3) is 0.533. The van der Waals surface area contributed by atoms with Crippen molar-refractivity contribution in [2.24, 2.45) is 34.0 Å². The lowest BCUT2D eigenvalue weighted by atomic mass is 9.46. The van der Waals surface area contributed by atoms with Crippen molar-refractivity contribution >= 4 is 64.8 Å². The Morgan fingerprint density at radius 3 is 2.20 bits per heavy atom. The highest BCUT2D eigenvalue weighted by Gasteiger charge is 2.76. The standard InChI is InChI=1S/C60H69N5O17/c1-56-20-19-39(67)27-37(56)9-12-40-41-28-45-60(44(69)32-66,57(41,2)30-43(68)52(40)56)81-54(80-45)36-7-3-34(4-8-36)29-58-21-24-59(25-22-58,26-23-58)64-55(78)79-33-35-5-10-38(11-6-35)62-53(77)42(13-17-50(74)75)63-47(71)31-61-46(70)14-18-51(76)82-65-48(72)15-16-49(65)73/h3-8,10-11,15-16,19-20,27,40-43,45,52,54,66,68H,9,12-14,17-18,21-26,28-33H2,1-2H3,(H,61,70)(H,62,77)(H,63,71)(H,64,78)(H,74,75)/t40-,41-,42-,43-,45+,52+,54?,56-,57-,58?,59?,60+/m0/s1. The molecular weight excluding hydrogens is 1060 g/mol. The van der Waals surface area contributed by atoms with E-state index in [2.05, 4.69) is 45.2 Å². The summed E-state index contributed by atoms with van der Waals surface area (Å²) >= 11 is 0. The molecule has 2 bridgehead atoms. The first kappa shape index (κ1) is 57.8. The first-order valence-electron chi connectivity index (χ1n) is 28.2. The number of hydroxylamine groups is 2. The third kappa shape index (κ3) is 11.2. The zero-order valence-electron chi connectivity index (χ0n) is 45.8. The van der Waals surface area contributed by atoms with Crippen LogP contribution >= 0.6 is 0 Å². The Balaban J connectivity index is 0.665. The number of fused-ring (bicyclic) bond motifs is 10. The number of aliphatic hydroxyl groups excluding tert-OH is 2. The number of amides is 6. The molecule has 10 atom stereocenters. The summed E-state index contributed by atoms with van der Waals surface area (Å²) in [5.74, 6) is -6.80. The summed E-state index contributed by atoms with van der Waals surface area (Å²) < 4.78 is 19.2. The van der Waals surface area contributed by atoms with Gasteiger partial charge >= 0.3 is 18.0 Å². The van der Waals surface area contributed by atoms with E-state index >= 15 is 0 Å². The Labute approximate surface area is 472 Å². The zero-order chi connectivity index (χ0) is 58.4. The highest BCUT2D eigenvalue weighted by molar-refractivity contribution is 6.12. The number of aliphatic carboxylic acids is 1. The molecule has 82 heavy (non-hydrogen) atoms. The van der Waals surface area contributed by atoms with Crippen LogP contribution < -0.4 is 21.3 Å². The second kappa shape index (κ2) is 22.7. The van der Waals surface area contributed by atoms with Crippen LogP contribution in [0.25, 0.3) is 0 Å². The quantitative estimate of drug-likeness (QED) is 0.0903. The first-order chi connectivity index (χ1) is 39.1. The van der Waals surface area contributed by atoms with Gasteiger partial charge in [-0.3, -0.25) is 38.4 Å². The number of alkyl carbamates (subject to hydrolysis) is 1. The van der Waals surface area contributed by atoms with Gasteiger partial charge in [-0.15, -0.1) is 0 Å². The van der Waals surface area contributed by atoms with E-state index in [1.165, 1.54) is 0 Å². The van der Waals surface area contributed by atoms with Crippen molar-refractivity contribution in [3.05, 3.63) is 101 Å². The molecule has 7 fully saturated rings. The Morgan fingerprint density at radius 2 is 1.52 bits per heavy atom. The smallest absolute Gasteiger partial charge is 0.407 e. The van der Waals surface area contributed by atoms with E-state index in [0.29, 0.717) is 24.1 Å². The molecule has 2 aromatic rings. The maximum atomic E-state index is 14.1. The molecule has 0 spiro atoms. The van der Waals surface area contributed by atoms with Crippen molar-refractivity contribution in [3.8, 4) is 0 Å². The van der Waals surface area contributed by atoms with E-state index in [9.17, 15) is 63.3 Å². The maximum absolute atomic E-state index is 14.1. The summed E-state index contributed by atoms with van der Waals surface area (Å²) in [7, 11) is 0. The van der Waals surface area contributed by atoms with Crippen molar-refractivity contribution < 1.29 is 82.3 Å². The van der Waals surface area contributed by atoms with Gasteiger partial charge in [0.25, 0.3) is 11.8 Å². The number of nitrogens with one attached hydrogen (secondary N) is 4. The molecule has 9 aliphatic rings. The largest absolute Gasteiger partial charge is 0.481 e. The number of hydrogen-bond acceptors (Lipinski definition) is 16. The lowest BCUT2D eigenvalue weighted by Gasteiger charge is -2.59. The highest BCUT2D eigenvalue weighted by atomic mass is 16.7. The number of carboxylic acids is 1. The predicted molar refractivity (Wildman–Crippen MR) is 286 cm³/mol. The summed E-state index contributed by atoms with van der Waals surface area (Å²) in [4.78, 5) is 129. The zero-order valence-corrected chi connectivity index (χ0v) is 45.8. The molecule has 1 unspecified atom stereocenters.